The zero-order chi connectivity index (χ0) is 17.2. The summed E-state index contributed by atoms with van der Waals surface area (Å²) in [5.74, 6) is -1.74. The topological polar surface area (TPSA) is 86.6 Å². The number of hydrogen-bond donors (Lipinski definition) is 3. The third-order valence-corrected chi connectivity index (χ3v) is 3.84. The van der Waals surface area contributed by atoms with Crippen molar-refractivity contribution >= 4 is 11.9 Å². The van der Waals surface area contributed by atoms with Crippen LogP contribution in [0, 0.1) is 26.2 Å². The summed E-state index contributed by atoms with van der Waals surface area (Å²) >= 11 is 0. The molecule has 0 aliphatic rings. The SMILES string of the molecule is Cc1cc(C)c(C(=O)NC(C(=O)O)C(O)C(C)(C)C)cc1C. The number of aliphatic carboxylic acids is 1. The number of aliphatic hydroxyl groups excluding tert-OH is 1. The number of carboxylic acids is 1. The summed E-state index contributed by atoms with van der Waals surface area (Å²) in [5.41, 5.74) is 2.57. The second-order valence-corrected chi connectivity index (χ2v) is 6.85. The summed E-state index contributed by atoms with van der Waals surface area (Å²) in [6, 6.07) is 2.27. The molecular formula is C17H25NO4. The average molecular weight is 307 g/mol. The van der Waals surface area contributed by atoms with Gasteiger partial charge >= 0.3 is 5.97 Å². The number of carbonyl (C=O) groups is 2. The number of aryl methyl sites for hydroxylation is 3. The molecular weight excluding hydrogens is 282 g/mol. The van der Waals surface area contributed by atoms with Crippen molar-refractivity contribution in [1.29, 1.82) is 0 Å². The van der Waals surface area contributed by atoms with Gasteiger partial charge in [0.15, 0.2) is 6.04 Å². The first kappa shape index (κ1) is 18.2. The Bertz CT molecular complexity index is 587. The van der Waals surface area contributed by atoms with Gasteiger partial charge in [-0.25, -0.2) is 4.79 Å². The molecule has 0 heterocycles. The van der Waals surface area contributed by atoms with Gasteiger partial charge in [-0.2, -0.15) is 0 Å². The number of hydrogen-bond acceptors (Lipinski definition) is 3. The monoisotopic (exact) mass is 307 g/mol. The van der Waals surface area contributed by atoms with E-state index in [1.807, 2.05) is 19.9 Å². The lowest BCUT2D eigenvalue weighted by molar-refractivity contribution is -0.144. The van der Waals surface area contributed by atoms with E-state index in [0.717, 1.165) is 16.7 Å². The maximum absolute atomic E-state index is 12.4. The Kier molecular flexibility index (Phi) is 5.35. The maximum atomic E-state index is 12.4. The van der Waals surface area contributed by atoms with Crippen LogP contribution in [0.3, 0.4) is 0 Å². The molecule has 0 saturated heterocycles. The molecule has 22 heavy (non-hydrogen) atoms. The summed E-state index contributed by atoms with van der Waals surface area (Å²) in [6.07, 6.45) is -1.19. The number of rotatable bonds is 4. The number of carbonyl (C=O) groups excluding carboxylic acids is 1. The molecule has 0 aromatic heterocycles. The van der Waals surface area contributed by atoms with Crippen molar-refractivity contribution in [2.24, 2.45) is 5.41 Å². The molecule has 2 unspecified atom stereocenters. The first-order valence-electron chi connectivity index (χ1n) is 7.24. The fourth-order valence-electron chi connectivity index (χ4n) is 2.20. The fraction of sp³-hybridized carbons (Fsp3) is 0.529. The molecule has 5 nitrogen and oxygen atoms in total. The van der Waals surface area contributed by atoms with Gasteiger partial charge in [0, 0.05) is 5.56 Å². The Morgan fingerprint density at radius 1 is 1.05 bits per heavy atom. The van der Waals surface area contributed by atoms with Crippen molar-refractivity contribution in [2.75, 3.05) is 0 Å². The first-order chi connectivity index (χ1) is 9.95. The van der Waals surface area contributed by atoms with E-state index in [1.54, 1.807) is 33.8 Å². The van der Waals surface area contributed by atoms with E-state index in [1.165, 1.54) is 0 Å². The van der Waals surface area contributed by atoms with E-state index in [4.69, 9.17) is 0 Å². The van der Waals surface area contributed by atoms with Gasteiger partial charge in [-0.15, -0.1) is 0 Å². The highest BCUT2D eigenvalue weighted by Crippen LogP contribution is 2.23. The van der Waals surface area contributed by atoms with Gasteiger partial charge in [-0.05, 0) is 48.9 Å². The lowest BCUT2D eigenvalue weighted by Crippen LogP contribution is -2.53. The molecule has 0 saturated carbocycles. The van der Waals surface area contributed by atoms with E-state index in [2.05, 4.69) is 5.32 Å². The lowest BCUT2D eigenvalue weighted by Gasteiger charge is -2.31. The van der Waals surface area contributed by atoms with Crippen LogP contribution < -0.4 is 5.32 Å². The summed E-state index contributed by atoms with van der Waals surface area (Å²) in [5, 5.41) is 21.9. The molecule has 1 aromatic rings. The number of benzene rings is 1. The molecule has 0 spiro atoms. The van der Waals surface area contributed by atoms with Crippen LogP contribution in [0.25, 0.3) is 0 Å². The minimum Gasteiger partial charge on any atom is -0.480 e. The van der Waals surface area contributed by atoms with Gasteiger partial charge in [-0.3, -0.25) is 4.79 Å². The Hall–Kier alpha value is -1.88. The molecule has 0 aliphatic carbocycles. The molecule has 1 amide bonds. The van der Waals surface area contributed by atoms with Crippen molar-refractivity contribution in [3.05, 3.63) is 34.4 Å². The van der Waals surface area contributed by atoms with Crippen LogP contribution in [-0.2, 0) is 4.79 Å². The molecule has 1 aromatic carbocycles. The van der Waals surface area contributed by atoms with Crippen molar-refractivity contribution in [3.63, 3.8) is 0 Å². The lowest BCUT2D eigenvalue weighted by atomic mass is 9.84. The summed E-state index contributed by atoms with van der Waals surface area (Å²) < 4.78 is 0. The van der Waals surface area contributed by atoms with Gasteiger partial charge in [0.1, 0.15) is 0 Å². The van der Waals surface area contributed by atoms with Gasteiger partial charge in [0.25, 0.3) is 5.91 Å². The fourth-order valence-corrected chi connectivity index (χ4v) is 2.20. The average Bonchev–Trinajstić information content (AvgIpc) is 2.37. The highest BCUT2D eigenvalue weighted by molar-refractivity contribution is 5.98. The predicted octanol–water partition coefficient (Wildman–Crippen LogP) is 2.20. The quantitative estimate of drug-likeness (QED) is 0.796. The number of amides is 1. The van der Waals surface area contributed by atoms with Crippen molar-refractivity contribution in [2.45, 2.75) is 53.7 Å². The Morgan fingerprint density at radius 3 is 2.00 bits per heavy atom. The van der Waals surface area contributed by atoms with E-state index in [0.29, 0.717) is 5.56 Å². The van der Waals surface area contributed by atoms with Gasteiger partial charge in [0.2, 0.25) is 0 Å². The standard InChI is InChI=1S/C17H25NO4/c1-9-7-11(3)12(8-10(9)2)15(20)18-13(16(21)22)14(19)17(4,5)6/h7-8,13-14,19H,1-6H3,(H,18,20)(H,21,22). The van der Waals surface area contributed by atoms with E-state index >= 15 is 0 Å². The van der Waals surface area contributed by atoms with Gasteiger partial charge in [0.05, 0.1) is 6.10 Å². The van der Waals surface area contributed by atoms with Crippen LogP contribution in [-0.4, -0.2) is 34.2 Å². The molecule has 0 aliphatic heterocycles. The minimum atomic E-state index is -1.35. The van der Waals surface area contributed by atoms with Crippen molar-refractivity contribution in [3.8, 4) is 0 Å². The van der Waals surface area contributed by atoms with Crippen LogP contribution in [0.2, 0.25) is 0 Å². The third kappa shape index (κ3) is 4.07. The molecule has 0 radical (unpaired) electrons. The third-order valence-electron chi connectivity index (χ3n) is 3.84. The molecule has 0 bridgehead atoms. The highest BCUT2D eigenvalue weighted by Gasteiger charge is 2.36. The molecule has 1 rings (SSSR count). The highest BCUT2D eigenvalue weighted by atomic mass is 16.4. The van der Waals surface area contributed by atoms with E-state index in [9.17, 15) is 19.8 Å². The minimum absolute atomic E-state index is 0.426. The smallest absolute Gasteiger partial charge is 0.328 e. The van der Waals surface area contributed by atoms with Crippen molar-refractivity contribution < 1.29 is 19.8 Å². The largest absolute Gasteiger partial charge is 0.480 e. The van der Waals surface area contributed by atoms with Crippen LogP contribution >= 0.6 is 0 Å². The van der Waals surface area contributed by atoms with E-state index < -0.39 is 29.4 Å². The van der Waals surface area contributed by atoms with Gasteiger partial charge < -0.3 is 15.5 Å². The molecule has 3 N–H and O–H groups in total. The number of carboxylic acid groups (broad SMARTS) is 1. The van der Waals surface area contributed by atoms with E-state index in [-0.39, 0.29) is 0 Å². The molecule has 5 heteroatoms. The normalized spacial score (nSPS) is 14.3. The second-order valence-electron chi connectivity index (χ2n) is 6.85. The first-order valence-corrected chi connectivity index (χ1v) is 7.24. The van der Waals surface area contributed by atoms with Crippen LogP contribution in [0.1, 0.15) is 47.8 Å². The number of nitrogens with one attached hydrogen (secondary N) is 1. The van der Waals surface area contributed by atoms with Crippen LogP contribution in [0.4, 0.5) is 0 Å². The number of aliphatic hydroxyl groups is 1. The maximum Gasteiger partial charge on any atom is 0.328 e. The Morgan fingerprint density at radius 2 is 1.55 bits per heavy atom. The second kappa shape index (κ2) is 6.48. The zero-order valence-electron chi connectivity index (χ0n) is 14.0. The van der Waals surface area contributed by atoms with Crippen LogP contribution in [0.15, 0.2) is 12.1 Å². The van der Waals surface area contributed by atoms with Gasteiger partial charge in [-0.1, -0.05) is 26.8 Å². The summed E-state index contributed by atoms with van der Waals surface area (Å²) in [7, 11) is 0. The van der Waals surface area contributed by atoms with Crippen LogP contribution in [0.5, 0.6) is 0 Å². The summed E-state index contributed by atoms with van der Waals surface area (Å²) in [6.45, 7) is 10.8. The molecule has 2 atom stereocenters. The molecule has 122 valence electrons. The Balaban J connectivity index is 3.08. The molecule has 0 fully saturated rings. The van der Waals surface area contributed by atoms with Crippen molar-refractivity contribution in [1.82, 2.24) is 5.32 Å². The summed E-state index contributed by atoms with van der Waals surface area (Å²) in [4.78, 5) is 23.8. The zero-order valence-corrected chi connectivity index (χ0v) is 14.0. The Labute approximate surface area is 131 Å². The predicted molar refractivity (Wildman–Crippen MR) is 85.0 cm³/mol.